The molecule has 0 aliphatic heterocycles. The molecule has 1 aromatic heterocycles. The molecule has 6 heteroatoms. The van der Waals surface area contributed by atoms with Crippen LogP contribution in [-0.4, -0.2) is 9.97 Å². The lowest BCUT2D eigenvalue weighted by Gasteiger charge is -2.12. The number of nitrogens with zero attached hydrogens (tertiary/aromatic N) is 2. The number of nitrogens with one attached hydrogen (secondary N) is 2. The Hall–Kier alpha value is -1.85. The number of hydrogen-bond donors (Lipinski definition) is 3. The summed E-state index contributed by atoms with van der Waals surface area (Å²) in [7, 11) is 0. The van der Waals surface area contributed by atoms with E-state index in [2.05, 4.69) is 33.7 Å². The number of benzene rings is 1. The molecule has 0 bridgehead atoms. The van der Waals surface area contributed by atoms with Crippen molar-refractivity contribution in [3.05, 3.63) is 41.0 Å². The van der Waals surface area contributed by atoms with Gasteiger partial charge in [-0.15, -0.1) is 0 Å². The van der Waals surface area contributed by atoms with Gasteiger partial charge in [0, 0.05) is 5.69 Å². The summed E-state index contributed by atoms with van der Waals surface area (Å²) < 4.78 is 0. The highest BCUT2D eigenvalue weighted by atomic mass is 35.5. The molecule has 100 valence electrons. The molecule has 1 aromatic carbocycles. The lowest BCUT2D eigenvalue weighted by Crippen LogP contribution is -2.11. The van der Waals surface area contributed by atoms with E-state index in [4.69, 9.17) is 17.4 Å². The molecule has 0 amide bonds. The molecule has 5 nitrogen and oxygen atoms in total. The molecular formula is C13H16ClN5. The molecule has 1 heterocycles. The third kappa shape index (κ3) is 3.33. The van der Waals surface area contributed by atoms with Gasteiger partial charge in [-0.2, -0.15) is 4.98 Å². The third-order valence-electron chi connectivity index (χ3n) is 2.66. The van der Waals surface area contributed by atoms with Gasteiger partial charge in [0.05, 0.1) is 6.20 Å². The predicted molar refractivity (Wildman–Crippen MR) is 78.6 cm³/mol. The molecule has 0 unspecified atom stereocenters. The zero-order valence-electron chi connectivity index (χ0n) is 10.7. The number of halogens is 1. The van der Waals surface area contributed by atoms with Crippen molar-refractivity contribution in [1.29, 1.82) is 0 Å². The van der Waals surface area contributed by atoms with Crippen LogP contribution in [0.15, 0.2) is 30.5 Å². The average molecular weight is 278 g/mol. The molecule has 2 rings (SSSR count). The standard InChI is InChI=1S/C13H16ClN5/c1-2-5-9-6-3-4-7-11(9)17-12-10(14)8-16-13(18-12)19-15/h3-4,6-8H,2,5,15H2,1H3,(H2,16,17,18,19). The van der Waals surface area contributed by atoms with Gasteiger partial charge in [-0.05, 0) is 18.1 Å². The second-order valence-electron chi connectivity index (χ2n) is 4.07. The van der Waals surface area contributed by atoms with Crippen molar-refractivity contribution in [2.45, 2.75) is 19.8 Å². The first kappa shape index (κ1) is 13.6. The highest BCUT2D eigenvalue weighted by Crippen LogP contribution is 2.26. The monoisotopic (exact) mass is 277 g/mol. The Morgan fingerprint density at radius 2 is 2.11 bits per heavy atom. The molecular weight excluding hydrogens is 262 g/mol. The molecule has 0 fully saturated rings. The number of hydrazine groups is 1. The van der Waals surface area contributed by atoms with Crippen LogP contribution in [0.5, 0.6) is 0 Å². The summed E-state index contributed by atoms with van der Waals surface area (Å²) in [5, 5.41) is 3.67. The van der Waals surface area contributed by atoms with E-state index < -0.39 is 0 Å². The molecule has 4 N–H and O–H groups in total. The maximum atomic E-state index is 6.08. The van der Waals surface area contributed by atoms with E-state index in [1.54, 1.807) is 0 Å². The van der Waals surface area contributed by atoms with Crippen LogP contribution in [0.3, 0.4) is 0 Å². The first-order valence-electron chi connectivity index (χ1n) is 6.08. The molecule has 0 aliphatic carbocycles. The van der Waals surface area contributed by atoms with Gasteiger partial charge in [-0.25, -0.2) is 10.8 Å². The number of rotatable bonds is 5. The quantitative estimate of drug-likeness (QED) is 0.578. The normalized spacial score (nSPS) is 10.3. The zero-order valence-corrected chi connectivity index (χ0v) is 11.4. The minimum Gasteiger partial charge on any atom is -0.339 e. The van der Waals surface area contributed by atoms with Crippen molar-refractivity contribution in [2.24, 2.45) is 5.84 Å². The lowest BCUT2D eigenvalue weighted by molar-refractivity contribution is 0.923. The summed E-state index contributed by atoms with van der Waals surface area (Å²) in [6.07, 6.45) is 3.58. The largest absolute Gasteiger partial charge is 0.339 e. The topological polar surface area (TPSA) is 75.9 Å². The van der Waals surface area contributed by atoms with Crippen LogP contribution in [0.25, 0.3) is 0 Å². The second-order valence-corrected chi connectivity index (χ2v) is 4.47. The molecule has 0 aliphatic rings. The minimum atomic E-state index is 0.319. The van der Waals surface area contributed by atoms with Gasteiger partial charge in [0.2, 0.25) is 5.95 Å². The van der Waals surface area contributed by atoms with Gasteiger partial charge >= 0.3 is 0 Å². The predicted octanol–water partition coefficient (Wildman–Crippen LogP) is 3.11. The SMILES string of the molecule is CCCc1ccccc1Nc1nc(NN)ncc1Cl. The Morgan fingerprint density at radius 1 is 1.32 bits per heavy atom. The molecule has 0 saturated carbocycles. The number of anilines is 3. The summed E-state index contributed by atoms with van der Waals surface area (Å²) in [5.41, 5.74) is 4.62. The van der Waals surface area contributed by atoms with Gasteiger partial charge in [-0.3, -0.25) is 5.43 Å². The van der Waals surface area contributed by atoms with Gasteiger partial charge in [0.1, 0.15) is 5.02 Å². The summed E-state index contributed by atoms with van der Waals surface area (Å²) in [4.78, 5) is 8.14. The molecule has 0 saturated heterocycles. The van der Waals surface area contributed by atoms with Gasteiger partial charge in [-0.1, -0.05) is 43.1 Å². The molecule has 19 heavy (non-hydrogen) atoms. The van der Waals surface area contributed by atoms with Crippen LogP contribution in [0.1, 0.15) is 18.9 Å². The van der Waals surface area contributed by atoms with Crippen molar-refractivity contribution in [2.75, 3.05) is 10.7 Å². The maximum absolute atomic E-state index is 6.08. The van der Waals surface area contributed by atoms with Gasteiger partial charge < -0.3 is 5.32 Å². The van der Waals surface area contributed by atoms with E-state index in [0.29, 0.717) is 16.8 Å². The average Bonchev–Trinajstić information content (AvgIpc) is 2.43. The molecule has 2 aromatic rings. The number of hydrogen-bond acceptors (Lipinski definition) is 5. The Labute approximate surface area is 117 Å². The van der Waals surface area contributed by atoms with E-state index in [-0.39, 0.29) is 0 Å². The Morgan fingerprint density at radius 3 is 2.84 bits per heavy atom. The molecule has 0 spiro atoms. The number of nitrogen functional groups attached to an aromatic ring is 1. The van der Waals surface area contributed by atoms with Crippen molar-refractivity contribution in [3.8, 4) is 0 Å². The number of nitrogens with two attached hydrogens (primary N) is 1. The summed E-state index contributed by atoms with van der Waals surface area (Å²) in [6.45, 7) is 2.14. The highest BCUT2D eigenvalue weighted by Gasteiger charge is 2.07. The lowest BCUT2D eigenvalue weighted by atomic mass is 10.1. The van der Waals surface area contributed by atoms with Crippen LogP contribution >= 0.6 is 11.6 Å². The van der Waals surface area contributed by atoms with Gasteiger partial charge in [0.25, 0.3) is 0 Å². The second kappa shape index (κ2) is 6.36. The Balaban J connectivity index is 2.30. The number of aromatic nitrogens is 2. The fourth-order valence-corrected chi connectivity index (χ4v) is 1.92. The minimum absolute atomic E-state index is 0.319. The number of aryl methyl sites for hydroxylation is 1. The van der Waals surface area contributed by atoms with Crippen LogP contribution in [-0.2, 0) is 6.42 Å². The summed E-state index contributed by atoms with van der Waals surface area (Å²) in [6, 6.07) is 8.07. The van der Waals surface area contributed by atoms with Crippen LogP contribution in [0, 0.1) is 0 Å². The van der Waals surface area contributed by atoms with E-state index >= 15 is 0 Å². The fourth-order valence-electron chi connectivity index (χ4n) is 1.78. The van der Waals surface area contributed by atoms with E-state index in [9.17, 15) is 0 Å². The first-order chi connectivity index (χ1) is 9.24. The summed E-state index contributed by atoms with van der Waals surface area (Å²) >= 11 is 6.08. The van der Waals surface area contributed by atoms with Crippen LogP contribution in [0.4, 0.5) is 17.5 Å². The zero-order chi connectivity index (χ0) is 13.7. The molecule has 0 atom stereocenters. The van der Waals surface area contributed by atoms with Crippen LogP contribution in [0.2, 0.25) is 5.02 Å². The van der Waals surface area contributed by atoms with Crippen molar-refractivity contribution < 1.29 is 0 Å². The highest BCUT2D eigenvalue weighted by molar-refractivity contribution is 6.32. The van der Waals surface area contributed by atoms with E-state index in [1.165, 1.54) is 11.8 Å². The smallest absolute Gasteiger partial charge is 0.239 e. The van der Waals surface area contributed by atoms with Crippen LogP contribution < -0.4 is 16.6 Å². The molecule has 0 radical (unpaired) electrons. The third-order valence-corrected chi connectivity index (χ3v) is 2.94. The maximum Gasteiger partial charge on any atom is 0.239 e. The van der Waals surface area contributed by atoms with Crippen molar-refractivity contribution >= 4 is 29.1 Å². The Bertz CT molecular complexity index is 558. The van der Waals surface area contributed by atoms with Gasteiger partial charge in [0.15, 0.2) is 5.82 Å². The number of para-hydroxylation sites is 1. The Kier molecular flexibility index (Phi) is 4.54. The van der Waals surface area contributed by atoms with Crippen molar-refractivity contribution in [3.63, 3.8) is 0 Å². The summed E-state index contributed by atoms with van der Waals surface area (Å²) in [5.74, 6) is 6.15. The van der Waals surface area contributed by atoms with Crippen molar-refractivity contribution in [1.82, 2.24) is 9.97 Å². The van der Waals surface area contributed by atoms with E-state index in [0.717, 1.165) is 18.5 Å². The van der Waals surface area contributed by atoms with E-state index in [1.807, 2.05) is 18.2 Å². The fraction of sp³-hybridized carbons (Fsp3) is 0.231. The first-order valence-corrected chi connectivity index (χ1v) is 6.46.